The number of benzene rings is 1. The molecule has 1 fully saturated rings. The van der Waals surface area contributed by atoms with Crippen LogP contribution in [0.5, 0.6) is 0 Å². The van der Waals surface area contributed by atoms with Gasteiger partial charge in [-0.1, -0.05) is 23.8 Å². The lowest BCUT2D eigenvalue weighted by Gasteiger charge is -2.32. The van der Waals surface area contributed by atoms with Crippen LogP contribution in [0.2, 0.25) is 0 Å². The number of hydrogen-bond donors (Lipinski definition) is 1. The second kappa shape index (κ2) is 7.13. The third-order valence-electron chi connectivity index (χ3n) is 4.26. The van der Waals surface area contributed by atoms with E-state index in [9.17, 15) is 14.7 Å². The summed E-state index contributed by atoms with van der Waals surface area (Å²) in [5.74, 6) is -1.06. The molecule has 1 N–H and O–H groups in total. The van der Waals surface area contributed by atoms with Crippen LogP contribution in [-0.2, 0) is 16.0 Å². The molecule has 1 aromatic carbocycles. The molecule has 0 bridgehead atoms. The molecule has 0 aliphatic carbocycles. The van der Waals surface area contributed by atoms with Gasteiger partial charge in [0, 0.05) is 17.5 Å². The third kappa shape index (κ3) is 3.64. The summed E-state index contributed by atoms with van der Waals surface area (Å²) in [7, 11) is 0. The van der Waals surface area contributed by atoms with Crippen molar-refractivity contribution in [2.45, 2.75) is 38.6 Å². The summed E-state index contributed by atoms with van der Waals surface area (Å²) in [6.07, 6.45) is 2.41. The zero-order valence-corrected chi connectivity index (χ0v) is 14.4. The number of carboxylic acids is 1. The Bertz CT molecular complexity index is 756. The maximum absolute atomic E-state index is 12.5. The largest absolute Gasteiger partial charge is 0.480 e. The average Bonchev–Trinajstić information content (AvgIpc) is 3.03. The van der Waals surface area contributed by atoms with Crippen LogP contribution in [0.25, 0.3) is 10.6 Å². The number of amides is 1. The van der Waals surface area contributed by atoms with Gasteiger partial charge in [0.1, 0.15) is 11.0 Å². The minimum Gasteiger partial charge on any atom is -0.480 e. The first-order valence-electron chi connectivity index (χ1n) is 8.08. The van der Waals surface area contributed by atoms with Crippen molar-refractivity contribution in [3.05, 3.63) is 40.9 Å². The molecule has 1 saturated heterocycles. The minimum absolute atomic E-state index is 0.150. The summed E-state index contributed by atoms with van der Waals surface area (Å²) in [4.78, 5) is 29.9. The average molecular weight is 344 g/mol. The quantitative estimate of drug-likeness (QED) is 0.925. The third-order valence-corrected chi connectivity index (χ3v) is 5.20. The molecular weight excluding hydrogens is 324 g/mol. The van der Waals surface area contributed by atoms with E-state index >= 15 is 0 Å². The van der Waals surface area contributed by atoms with Gasteiger partial charge in [0.25, 0.3) is 0 Å². The predicted octanol–water partition coefficient (Wildman–Crippen LogP) is 3.13. The molecule has 1 amide bonds. The summed E-state index contributed by atoms with van der Waals surface area (Å²) in [6.45, 7) is 2.55. The van der Waals surface area contributed by atoms with Crippen molar-refractivity contribution in [3.8, 4) is 10.6 Å². The molecule has 24 heavy (non-hydrogen) atoms. The zero-order chi connectivity index (χ0) is 17.1. The van der Waals surface area contributed by atoms with Gasteiger partial charge in [-0.25, -0.2) is 9.78 Å². The van der Waals surface area contributed by atoms with Crippen LogP contribution in [0.4, 0.5) is 0 Å². The van der Waals surface area contributed by atoms with Crippen LogP contribution >= 0.6 is 11.3 Å². The summed E-state index contributed by atoms with van der Waals surface area (Å²) >= 11 is 1.51. The van der Waals surface area contributed by atoms with E-state index in [1.165, 1.54) is 16.2 Å². The topological polar surface area (TPSA) is 70.5 Å². The number of rotatable bonds is 4. The zero-order valence-electron chi connectivity index (χ0n) is 13.6. The molecule has 1 aromatic heterocycles. The first-order chi connectivity index (χ1) is 11.5. The Morgan fingerprint density at radius 3 is 2.96 bits per heavy atom. The van der Waals surface area contributed by atoms with Crippen LogP contribution in [0.3, 0.4) is 0 Å². The van der Waals surface area contributed by atoms with E-state index in [0.29, 0.717) is 18.7 Å². The van der Waals surface area contributed by atoms with E-state index < -0.39 is 12.0 Å². The maximum atomic E-state index is 12.5. The molecule has 0 saturated carbocycles. The molecule has 2 heterocycles. The number of hydrogen-bond acceptors (Lipinski definition) is 4. The number of aryl methyl sites for hydroxylation is 1. The fourth-order valence-electron chi connectivity index (χ4n) is 3.04. The van der Waals surface area contributed by atoms with Gasteiger partial charge < -0.3 is 10.0 Å². The molecular formula is C18H20N2O3S. The SMILES string of the molecule is Cc1cccc(-c2nc(CC(=O)N3CCCCC3C(=O)O)cs2)c1. The van der Waals surface area contributed by atoms with Crippen molar-refractivity contribution in [1.82, 2.24) is 9.88 Å². The maximum Gasteiger partial charge on any atom is 0.326 e. The lowest BCUT2D eigenvalue weighted by atomic mass is 10.0. The fourth-order valence-corrected chi connectivity index (χ4v) is 3.86. The van der Waals surface area contributed by atoms with Crippen molar-refractivity contribution in [3.63, 3.8) is 0 Å². The number of aromatic nitrogens is 1. The molecule has 0 spiro atoms. The highest BCUT2D eigenvalue weighted by Gasteiger charge is 2.31. The predicted molar refractivity (Wildman–Crippen MR) is 93.0 cm³/mol. The van der Waals surface area contributed by atoms with E-state index in [2.05, 4.69) is 11.1 Å². The van der Waals surface area contributed by atoms with Gasteiger partial charge in [-0.3, -0.25) is 4.79 Å². The lowest BCUT2D eigenvalue weighted by Crippen LogP contribution is -2.48. The highest BCUT2D eigenvalue weighted by molar-refractivity contribution is 7.13. The van der Waals surface area contributed by atoms with Crippen LogP contribution in [0.15, 0.2) is 29.6 Å². The van der Waals surface area contributed by atoms with Crippen LogP contribution in [0.1, 0.15) is 30.5 Å². The monoisotopic (exact) mass is 344 g/mol. The van der Waals surface area contributed by atoms with Gasteiger partial charge in [-0.05, 0) is 32.3 Å². The van der Waals surface area contributed by atoms with Crippen molar-refractivity contribution in [2.24, 2.45) is 0 Å². The molecule has 1 aliphatic heterocycles. The summed E-state index contributed by atoms with van der Waals surface area (Å²) < 4.78 is 0. The fraction of sp³-hybridized carbons (Fsp3) is 0.389. The molecule has 1 unspecified atom stereocenters. The Morgan fingerprint density at radius 1 is 1.38 bits per heavy atom. The number of piperidine rings is 1. The van der Waals surface area contributed by atoms with Gasteiger partial charge in [0.05, 0.1) is 12.1 Å². The summed E-state index contributed by atoms with van der Waals surface area (Å²) in [5.41, 5.74) is 2.91. The first kappa shape index (κ1) is 16.6. The Balaban J connectivity index is 1.72. The Hall–Kier alpha value is -2.21. The molecule has 0 radical (unpaired) electrons. The number of aliphatic carboxylic acids is 1. The van der Waals surface area contributed by atoms with E-state index in [1.807, 2.05) is 30.5 Å². The van der Waals surface area contributed by atoms with Gasteiger partial charge in [0.15, 0.2) is 0 Å². The summed E-state index contributed by atoms with van der Waals surface area (Å²) in [5, 5.41) is 12.1. The van der Waals surface area contributed by atoms with E-state index in [0.717, 1.165) is 29.0 Å². The van der Waals surface area contributed by atoms with Gasteiger partial charge in [-0.15, -0.1) is 11.3 Å². The molecule has 3 rings (SSSR count). The molecule has 6 heteroatoms. The standard InChI is InChI=1S/C18H20N2O3S/c1-12-5-4-6-13(9-12)17-19-14(11-24-17)10-16(21)20-8-3-2-7-15(20)18(22)23/h4-6,9,11,15H,2-3,7-8,10H2,1H3,(H,22,23). The van der Waals surface area contributed by atoms with Gasteiger partial charge in [0.2, 0.25) is 5.91 Å². The van der Waals surface area contributed by atoms with Crippen molar-refractivity contribution in [2.75, 3.05) is 6.54 Å². The normalized spacial score (nSPS) is 17.7. The van der Waals surface area contributed by atoms with Crippen molar-refractivity contribution in [1.29, 1.82) is 0 Å². The van der Waals surface area contributed by atoms with Crippen molar-refractivity contribution < 1.29 is 14.7 Å². The van der Waals surface area contributed by atoms with E-state index in [-0.39, 0.29) is 12.3 Å². The smallest absolute Gasteiger partial charge is 0.326 e. The highest BCUT2D eigenvalue weighted by atomic mass is 32.1. The highest BCUT2D eigenvalue weighted by Crippen LogP contribution is 2.25. The Morgan fingerprint density at radius 2 is 2.21 bits per heavy atom. The van der Waals surface area contributed by atoms with Crippen LogP contribution < -0.4 is 0 Å². The molecule has 5 nitrogen and oxygen atoms in total. The number of thiazole rings is 1. The number of nitrogens with zero attached hydrogens (tertiary/aromatic N) is 2. The second-order valence-corrected chi connectivity index (χ2v) is 6.99. The van der Waals surface area contributed by atoms with Crippen LogP contribution in [-0.4, -0.2) is 39.5 Å². The molecule has 1 atom stereocenters. The second-order valence-electron chi connectivity index (χ2n) is 6.13. The van der Waals surface area contributed by atoms with Gasteiger partial charge >= 0.3 is 5.97 Å². The van der Waals surface area contributed by atoms with Crippen molar-refractivity contribution >= 4 is 23.2 Å². The number of likely N-dealkylation sites (tertiary alicyclic amines) is 1. The number of carboxylic acid groups (broad SMARTS) is 1. The molecule has 126 valence electrons. The number of carbonyl (C=O) groups excluding carboxylic acids is 1. The van der Waals surface area contributed by atoms with Gasteiger partial charge in [-0.2, -0.15) is 0 Å². The molecule has 2 aromatic rings. The summed E-state index contributed by atoms with van der Waals surface area (Å²) in [6, 6.07) is 7.39. The number of carbonyl (C=O) groups is 2. The Kier molecular flexibility index (Phi) is 4.94. The Labute approximate surface area is 145 Å². The minimum atomic E-state index is -0.915. The molecule has 1 aliphatic rings. The first-order valence-corrected chi connectivity index (χ1v) is 8.96. The van der Waals surface area contributed by atoms with E-state index in [1.54, 1.807) is 0 Å². The lowest BCUT2D eigenvalue weighted by molar-refractivity contribution is -0.151. The van der Waals surface area contributed by atoms with Crippen LogP contribution in [0, 0.1) is 6.92 Å². The van der Waals surface area contributed by atoms with E-state index in [4.69, 9.17) is 0 Å².